The zero-order valence-electron chi connectivity index (χ0n) is 12.6. The molecule has 1 N–H and O–H groups in total. The predicted molar refractivity (Wildman–Crippen MR) is 83.1 cm³/mol. The van der Waals surface area contributed by atoms with Crippen LogP contribution in [0.1, 0.15) is 36.8 Å². The molecule has 1 aromatic rings. The number of carbonyl (C=O) groups is 1. The molecule has 2 aliphatic carbocycles. The van der Waals surface area contributed by atoms with Crippen LogP contribution in [0.25, 0.3) is 0 Å². The van der Waals surface area contributed by atoms with Crippen molar-refractivity contribution in [2.75, 3.05) is 13.1 Å². The number of carbonyl (C=O) groups excluding carboxylic acids is 1. The average molecular weight is 284 g/mol. The van der Waals surface area contributed by atoms with Gasteiger partial charge < -0.3 is 5.32 Å². The Hall–Kier alpha value is -1.35. The number of hydrogen-bond acceptors (Lipinski definition) is 2. The van der Waals surface area contributed by atoms with Gasteiger partial charge in [-0.05, 0) is 62.1 Å². The molecule has 0 aromatic heterocycles. The highest BCUT2D eigenvalue weighted by molar-refractivity contribution is 5.82. The molecule has 112 valence electrons. The van der Waals surface area contributed by atoms with Crippen molar-refractivity contribution in [3.8, 4) is 0 Å². The van der Waals surface area contributed by atoms with Crippen molar-refractivity contribution < 1.29 is 4.79 Å². The molecule has 0 bridgehead atoms. The van der Waals surface area contributed by atoms with Crippen LogP contribution in [0, 0.1) is 5.92 Å². The molecule has 1 atom stereocenters. The molecule has 0 spiro atoms. The Labute approximate surface area is 126 Å². The lowest BCUT2D eigenvalue weighted by Gasteiger charge is -2.26. The third-order valence-electron chi connectivity index (χ3n) is 5.22. The van der Waals surface area contributed by atoms with Gasteiger partial charge in [0.25, 0.3) is 0 Å². The summed E-state index contributed by atoms with van der Waals surface area (Å²) in [6.45, 7) is 2.17. The molecule has 1 heterocycles. The minimum Gasteiger partial charge on any atom is -0.352 e. The SMILES string of the molecule is O=C(NC1CC1)C1CCCN1CC1Cc2ccccc2C1. The summed E-state index contributed by atoms with van der Waals surface area (Å²) in [4.78, 5) is 14.8. The van der Waals surface area contributed by atoms with Gasteiger partial charge in [0.15, 0.2) is 0 Å². The Morgan fingerprint density at radius 3 is 2.52 bits per heavy atom. The summed E-state index contributed by atoms with van der Waals surface area (Å²) in [7, 11) is 0. The van der Waals surface area contributed by atoms with E-state index in [1.165, 1.54) is 43.2 Å². The van der Waals surface area contributed by atoms with Crippen LogP contribution in [0.4, 0.5) is 0 Å². The minimum atomic E-state index is 0.134. The lowest BCUT2D eigenvalue weighted by molar-refractivity contribution is -0.125. The first-order valence-corrected chi connectivity index (χ1v) is 8.41. The van der Waals surface area contributed by atoms with Crippen molar-refractivity contribution in [2.45, 2.75) is 50.6 Å². The summed E-state index contributed by atoms with van der Waals surface area (Å²) in [6.07, 6.45) is 6.93. The Morgan fingerprint density at radius 1 is 1.14 bits per heavy atom. The molecule has 1 aliphatic heterocycles. The van der Waals surface area contributed by atoms with Crippen LogP contribution in [0.2, 0.25) is 0 Å². The van der Waals surface area contributed by atoms with Gasteiger partial charge in [0.2, 0.25) is 5.91 Å². The van der Waals surface area contributed by atoms with E-state index in [0.717, 1.165) is 19.5 Å². The van der Waals surface area contributed by atoms with Crippen LogP contribution >= 0.6 is 0 Å². The number of hydrogen-bond donors (Lipinski definition) is 1. The number of amides is 1. The first-order chi connectivity index (χ1) is 10.3. The van der Waals surface area contributed by atoms with Gasteiger partial charge in [0.1, 0.15) is 0 Å². The molecule has 1 amide bonds. The standard InChI is InChI=1S/C18H24N2O/c21-18(19-16-7-8-16)17-6-3-9-20(17)12-13-10-14-4-1-2-5-15(14)11-13/h1-2,4-5,13,16-17H,3,6-12H2,(H,19,21). The van der Waals surface area contributed by atoms with Gasteiger partial charge >= 0.3 is 0 Å². The predicted octanol–water partition coefficient (Wildman–Crippen LogP) is 2.14. The Balaban J connectivity index is 1.37. The van der Waals surface area contributed by atoms with Crippen LogP contribution in [-0.4, -0.2) is 36.0 Å². The first-order valence-electron chi connectivity index (χ1n) is 8.41. The topological polar surface area (TPSA) is 32.3 Å². The van der Waals surface area contributed by atoms with Gasteiger partial charge in [-0.2, -0.15) is 0 Å². The van der Waals surface area contributed by atoms with E-state index < -0.39 is 0 Å². The molecular weight excluding hydrogens is 260 g/mol. The molecule has 3 nitrogen and oxygen atoms in total. The van der Waals surface area contributed by atoms with Gasteiger partial charge in [0.05, 0.1) is 6.04 Å². The van der Waals surface area contributed by atoms with E-state index in [-0.39, 0.29) is 11.9 Å². The van der Waals surface area contributed by atoms with Gasteiger partial charge in [-0.3, -0.25) is 9.69 Å². The third-order valence-corrected chi connectivity index (χ3v) is 5.22. The van der Waals surface area contributed by atoms with Crippen LogP contribution in [0.3, 0.4) is 0 Å². The summed E-state index contributed by atoms with van der Waals surface area (Å²) in [5, 5.41) is 3.19. The van der Waals surface area contributed by atoms with Gasteiger partial charge in [-0.25, -0.2) is 0 Å². The molecule has 4 rings (SSSR count). The number of nitrogens with one attached hydrogen (secondary N) is 1. The Kier molecular flexibility index (Phi) is 3.46. The minimum absolute atomic E-state index is 0.134. The first kappa shape index (κ1) is 13.3. The summed E-state index contributed by atoms with van der Waals surface area (Å²) >= 11 is 0. The zero-order chi connectivity index (χ0) is 14.2. The fourth-order valence-corrected chi connectivity index (χ4v) is 3.98. The molecule has 2 fully saturated rings. The Bertz CT molecular complexity index is 513. The molecule has 3 heteroatoms. The van der Waals surface area contributed by atoms with Crippen LogP contribution < -0.4 is 5.32 Å². The van der Waals surface area contributed by atoms with Gasteiger partial charge in [-0.15, -0.1) is 0 Å². The third kappa shape index (κ3) is 2.84. The highest BCUT2D eigenvalue weighted by Gasteiger charge is 2.35. The number of nitrogens with zero attached hydrogens (tertiary/aromatic N) is 1. The molecule has 1 saturated carbocycles. The zero-order valence-corrected chi connectivity index (χ0v) is 12.6. The number of rotatable bonds is 4. The van der Waals surface area contributed by atoms with Crippen molar-refractivity contribution >= 4 is 5.91 Å². The monoisotopic (exact) mass is 284 g/mol. The van der Waals surface area contributed by atoms with Crippen molar-refractivity contribution in [3.63, 3.8) is 0 Å². The quantitative estimate of drug-likeness (QED) is 0.919. The van der Waals surface area contributed by atoms with E-state index in [2.05, 4.69) is 34.5 Å². The van der Waals surface area contributed by atoms with E-state index in [0.29, 0.717) is 12.0 Å². The lowest BCUT2D eigenvalue weighted by Crippen LogP contribution is -2.45. The van der Waals surface area contributed by atoms with Crippen molar-refractivity contribution in [1.29, 1.82) is 0 Å². The fourth-order valence-electron chi connectivity index (χ4n) is 3.98. The molecule has 1 saturated heterocycles. The maximum atomic E-state index is 12.3. The second kappa shape index (κ2) is 5.45. The van der Waals surface area contributed by atoms with Crippen molar-refractivity contribution in [2.24, 2.45) is 5.92 Å². The van der Waals surface area contributed by atoms with Gasteiger partial charge in [-0.1, -0.05) is 24.3 Å². The second-order valence-corrected chi connectivity index (χ2v) is 6.98. The molecule has 1 aromatic carbocycles. The Morgan fingerprint density at radius 2 is 1.86 bits per heavy atom. The van der Waals surface area contributed by atoms with Crippen LogP contribution in [-0.2, 0) is 17.6 Å². The van der Waals surface area contributed by atoms with E-state index in [1.807, 2.05) is 0 Å². The van der Waals surface area contributed by atoms with E-state index in [9.17, 15) is 4.79 Å². The smallest absolute Gasteiger partial charge is 0.237 e. The number of fused-ring (bicyclic) bond motifs is 1. The highest BCUT2D eigenvalue weighted by Crippen LogP contribution is 2.29. The van der Waals surface area contributed by atoms with Crippen LogP contribution in [0.5, 0.6) is 0 Å². The summed E-state index contributed by atoms with van der Waals surface area (Å²) < 4.78 is 0. The highest BCUT2D eigenvalue weighted by atomic mass is 16.2. The number of likely N-dealkylation sites (tertiary alicyclic amines) is 1. The molecule has 3 aliphatic rings. The van der Waals surface area contributed by atoms with Crippen LogP contribution in [0.15, 0.2) is 24.3 Å². The molecule has 0 radical (unpaired) electrons. The maximum Gasteiger partial charge on any atom is 0.237 e. The normalized spacial score (nSPS) is 26.0. The van der Waals surface area contributed by atoms with Crippen molar-refractivity contribution in [3.05, 3.63) is 35.4 Å². The van der Waals surface area contributed by atoms with Crippen molar-refractivity contribution in [1.82, 2.24) is 10.2 Å². The molecule has 1 unspecified atom stereocenters. The maximum absolute atomic E-state index is 12.3. The second-order valence-electron chi connectivity index (χ2n) is 6.98. The average Bonchev–Trinajstić information content (AvgIpc) is 3.02. The van der Waals surface area contributed by atoms with E-state index in [1.54, 1.807) is 0 Å². The largest absolute Gasteiger partial charge is 0.352 e. The van der Waals surface area contributed by atoms with E-state index in [4.69, 9.17) is 0 Å². The fraction of sp³-hybridized carbons (Fsp3) is 0.611. The lowest BCUT2D eigenvalue weighted by atomic mass is 10.1. The molecular formula is C18H24N2O. The summed E-state index contributed by atoms with van der Waals surface area (Å²) in [5.41, 5.74) is 3.03. The van der Waals surface area contributed by atoms with E-state index >= 15 is 0 Å². The number of benzene rings is 1. The summed E-state index contributed by atoms with van der Waals surface area (Å²) in [6, 6.07) is 9.42. The summed E-state index contributed by atoms with van der Waals surface area (Å²) in [5.74, 6) is 0.974. The molecule has 21 heavy (non-hydrogen) atoms. The van der Waals surface area contributed by atoms with Gasteiger partial charge in [0, 0.05) is 12.6 Å².